The SMILES string of the molecule is CCC(NC(=O)C(C#N)(CC)CC)c1ccccc1. The van der Waals surface area contributed by atoms with Crippen LogP contribution in [0.3, 0.4) is 0 Å². The molecule has 1 aromatic rings. The van der Waals surface area contributed by atoms with E-state index >= 15 is 0 Å². The predicted octanol–water partition coefficient (Wildman–Crippen LogP) is 3.58. The van der Waals surface area contributed by atoms with Crippen molar-refractivity contribution in [2.24, 2.45) is 5.41 Å². The van der Waals surface area contributed by atoms with Gasteiger partial charge in [0.2, 0.25) is 5.91 Å². The highest BCUT2D eigenvalue weighted by atomic mass is 16.2. The number of carbonyl (C=O) groups excluding carboxylic acids is 1. The maximum Gasteiger partial charge on any atom is 0.240 e. The van der Waals surface area contributed by atoms with Crippen LogP contribution in [0.5, 0.6) is 0 Å². The lowest BCUT2D eigenvalue weighted by Gasteiger charge is -2.26. The Balaban J connectivity index is 2.88. The van der Waals surface area contributed by atoms with Crippen LogP contribution < -0.4 is 5.32 Å². The lowest BCUT2D eigenvalue weighted by atomic mass is 9.82. The topological polar surface area (TPSA) is 52.9 Å². The third kappa shape index (κ3) is 3.35. The first-order chi connectivity index (χ1) is 9.13. The summed E-state index contributed by atoms with van der Waals surface area (Å²) < 4.78 is 0. The van der Waals surface area contributed by atoms with E-state index in [1.807, 2.05) is 51.1 Å². The van der Waals surface area contributed by atoms with E-state index in [1.165, 1.54) is 0 Å². The second-order valence-electron chi connectivity index (χ2n) is 4.75. The minimum atomic E-state index is -0.901. The Morgan fingerprint density at radius 1 is 1.26 bits per heavy atom. The highest BCUT2D eigenvalue weighted by Gasteiger charge is 2.35. The molecule has 1 aromatic carbocycles. The lowest BCUT2D eigenvalue weighted by molar-refractivity contribution is -0.129. The van der Waals surface area contributed by atoms with E-state index < -0.39 is 5.41 Å². The Labute approximate surface area is 115 Å². The van der Waals surface area contributed by atoms with Crippen LogP contribution in [0.4, 0.5) is 0 Å². The van der Waals surface area contributed by atoms with Crippen LogP contribution in [-0.2, 0) is 4.79 Å². The number of carbonyl (C=O) groups is 1. The number of benzene rings is 1. The van der Waals surface area contributed by atoms with Crippen LogP contribution >= 0.6 is 0 Å². The van der Waals surface area contributed by atoms with Gasteiger partial charge in [-0.25, -0.2) is 0 Å². The molecule has 102 valence electrons. The number of rotatable bonds is 6. The summed E-state index contributed by atoms with van der Waals surface area (Å²) in [6.45, 7) is 5.80. The molecule has 19 heavy (non-hydrogen) atoms. The molecule has 0 radical (unpaired) electrons. The summed E-state index contributed by atoms with van der Waals surface area (Å²) in [5, 5.41) is 12.3. The number of hydrogen-bond acceptors (Lipinski definition) is 2. The summed E-state index contributed by atoms with van der Waals surface area (Å²) in [7, 11) is 0. The fraction of sp³-hybridized carbons (Fsp3) is 0.500. The zero-order valence-corrected chi connectivity index (χ0v) is 11.9. The van der Waals surface area contributed by atoms with E-state index in [-0.39, 0.29) is 11.9 Å². The molecule has 1 atom stereocenters. The normalized spacial score (nSPS) is 12.5. The van der Waals surface area contributed by atoms with E-state index in [1.54, 1.807) is 0 Å². The quantitative estimate of drug-likeness (QED) is 0.847. The maximum absolute atomic E-state index is 12.4. The zero-order chi connectivity index (χ0) is 14.3. The molecule has 1 amide bonds. The molecule has 0 fully saturated rings. The molecule has 0 saturated carbocycles. The molecule has 0 heterocycles. The van der Waals surface area contributed by atoms with Crippen molar-refractivity contribution in [1.29, 1.82) is 5.26 Å². The zero-order valence-electron chi connectivity index (χ0n) is 11.9. The molecule has 0 aliphatic carbocycles. The standard InChI is InChI=1S/C16H22N2O/c1-4-14(13-10-8-7-9-11-13)18-15(19)16(5-2,6-3)12-17/h7-11,14H,4-6H2,1-3H3,(H,18,19). The van der Waals surface area contributed by atoms with Crippen molar-refractivity contribution in [2.45, 2.75) is 46.1 Å². The van der Waals surface area contributed by atoms with Gasteiger partial charge in [-0.3, -0.25) is 4.79 Å². The van der Waals surface area contributed by atoms with E-state index in [0.717, 1.165) is 12.0 Å². The number of nitriles is 1. The summed E-state index contributed by atoms with van der Waals surface area (Å²) in [5.74, 6) is -0.157. The summed E-state index contributed by atoms with van der Waals surface area (Å²) in [6.07, 6.45) is 1.89. The molecule has 3 nitrogen and oxygen atoms in total. The molecule has 0 saturated heterocycles. The average Bonchev–Trinajstić information content (AvgIpc) is 2.48. The van der Waals surface area contributed by atoms with E-state index in [2.05, 4.69) is 11.4 Å². The van der Waals surface area contributed by atoms with Gasteiger partial charge in [-0.05, 0) is 24.8 Å². The first kappa shape index (κ1) is 15.2. The second-order valence-corrected chi connectivity index (χ2v) is 4.75. The minimum Gasteiger partial charge on any atom is -0.348 e. The van der Waals surface area contributed by atoms with Gasteiger partial charge >= 0.3 is 0 Å². The molecule has 1 rings (SSSR count). The van der Waals surface area contributed by atoms with Crippen LogP contribution in [-0.4, -0.2) is 5.91 Å². The monoisotopic (exact) mass is 258 g/mol. The molecular weight excluding hydrogens is 236 g/mol. The first-order valence-electron chi connectivity index (χ1n) is 6.90. The molecule has 0 bridgehead atoms. The van der Waals surface area contributed by atoms with Crippen LogP contribution in [0.2, 0.25) is 0 Å². The average molecular weight is 258 g/mol. The van der Waals surface area contributed by atoms with Gasteiger partial charge in [-0.2, -0.15) is 5.26 Å². The molecule has 0 spiro atoms. The van der Waals surface area contributed by atoms with E-state index in [9.17, 15) is 10.1 Å². The summed E-state index contributed by atoms with van der Waals surface area (Å²) in [5.41, 5.74) is 0.180. The third-order valence-electron chi connectivity index (χ3n) is 3.77. The van der Waals surface area contributed by atoms with Crippen molar-refractivity contribution in [3.05, 3.63) is 35.9 Å². The highest BCUT2D eigenvalue weighted by Crippen LogP contribution is 2.27. The summed E-state index contributed by atoms with van der Waals surface area (Å²) in [6, 6.07) is 12.0. The Hall–Kier alpha value is -1.82. The van der Waals surface area contributed by atoms with Crippen molar-refractivity contribution in [2.75, 3.05) is 0 Å². The predicted molar refractivity (Wildman–Crippen MR) is 76.2 cm³/mol. The third-order valence-corrected chi connectivity index (χ3v) is 3.77. The van der Waals surface area contributed by atoms with Gasteiger partial charge in [0, 0.05) is 0 Å². The Morgan fingerprint density at radius 3 is 2.26 bits per heavy atom. The van der Waals surface area contributed by atoms with E-state index in [4.69, 9.17) is 0 Å². The van der Waals surface area contributed by atoms with Gasteiger partial charge in [0.05, 0.1) is 12.1 Å². The van der Waals surface area contributed by atoms with Crippen LogP contribution in [0.15, 0.2) is 30.3 Å². The van der Waals surface area contributed by atoms with Crippen LogP contribution in [0, 0.1) is 16.7 Å². The highest BCUT2D eigenvalue weighted by molar-refractivity contribution is 5.85. The van der Waals surface area contributed by atoms with Crippen LogP contribution in [0.25, 0.3) is 0 Å². The fourth-order valence-electron chi connectivity index (χ4n) is 2.18. The Kier molecular flexibility index (Phi) is 5.57. The number of nitrogens with one attached hydrogen (secondary N) is 1. The largest absolute Gasteiger partial charge is 0.348 e. The molecule has 1 unspecified atom stereocenters. The number of nitrogens with zero attached hydrogens (tertiary/aromatic N) is 1. The van der Waals surface area contributed by atoms with Crippen molar-refractivity contribution in [3.63, 3.8) is 0 Å². The first-order valence-corrected chi connectivity index (χ1v) is 6.90. The summed E-state index contributed by atoms with van der Waals surface area (Å²) >= 11 is 0. The minimum absolute atomic E-state index is 0.0282. The van der Waals surface area contributed by atoms with Crippen LogP contribution in [0.1, 0.15) is 51.6 Å². The van der Waals surface area contributed by atoms with Crippen molar-refractivity contribution in [3.8, 4) is 6.07 Å². The van der Waals surface area contributed by atoms with Crippen molar-refractivity contribution < 1.29 is 4.79 Å². The van der Waals surface area contributed by atoms with E-state index in [0.29, 0.717) is 12.8 Å². The second kappa shape index (κ2) is 6.94. The lowest BCUT2D eigenvalue weighted by Crippen LogP contribution is -2.41. The van der Waals surface area contributed by atoms with Crippen molar-refractivity contribution >= 4 is 5.91 Å². The molecule has 0 aliphatic rings. The van der Waals surface area contributed by atoms with Gasteiger partial charge < -0.3 is 5.32 Å². The van der Waals surface area contributed by atoms with Gasteiger partial charge in [0.25, 0.3) is 0 Å². The van der Waals surface area contributed by atoms with Gasteiger partial charge in [0.1, 0.15) is 5.41 Å². The molecule has 3 heteroatoms. The summed E-state index contributed by atoms with van der Waals surface area (Å²) in [4.78, 5) is 12.4. The van der Waals surface area contributed by atoms with Gasteiger partial charge in [0.15, 0.2) is 0 Å². The molecule has 0 aliphatic heterocycles. The fourth-order valence-corrected chi connectivity index (χ4v) is 2.18. The smallest absolute Gasteiger partial charge is 0.240 e. The van der Waals surface area contributed by atoms with Crippen molar-refractivity contribution in [1.82, 2.24) is 5.32 Å². The number of amides is 1. The Bertz CT molecular complexity index is 444. The molecule has 1 N–H and O–H groups in total. The van der Waals surface area contributed by atoms with Gasteiger partial charge in [-0.15, -0.1) is 0 Å². The number of hydrogen-bond donors (Lipinski definition) is 1. The maximum atomic E-state index is 12.4. The Morgan fingerprint density at radius 2 is 1.84 bits per heavy atom. The molecule has 0 aromatic heterocycles. The molecular formula is C16H22N2O. The van der Waals surface area contributed by atoms with Gasteiger partial charge in [-0.1, -0.05) is 51.1 Å².